The van der Waals surface area contributed by atoms with E-state index in [9.17, 15) is 14.4 Å². The molecule has 0 aliphatic rings. The summed E-state index contributed by atoms with van der Waals surface area (Å²) in [6, 6.07) is 0. The fourth-order valence-corrected chi connectivity index (χ4v) is 10.3. The van der Waals surface area contributed by atoms with Crippen LogP contribution in [0, 0.1) is 0 Å². The van der Waals surface area contributed by atoms with E-state index >= 15 is 0 Å². The lowest BCUT2D eigenvalue weighted by molar-refractivity contribution is -0.167. The van der Waals surface area contributed by atoms with Crippen LogP contribution < -0.4 is 0 Å². The predicted octanol–water partition coefficient (Wildman–Crippen LogP) is 23.7. The van der Waals surface area contributed by atoms with Gasteiger partial charge in [-0.3, -0.25) is 14.4 Å². The highest BCUT2D eigenvalue weighted by Gasteiger charge is 2.19. The molecule has 0 bridgehead atoms. The van der Waals surface area contributed by atoms with Gasteiger partial charge >= 0.3 is 17.9 Å². The average molecular weight is 1090 g/mol. The number of rotatable bonds is 64. The van der Waals surface area contributed by atoms with Gasteiger partial charge in [-0.25, -0.2) is 0 Å². The molecule has 0 spiro atoms. The summed E-state index contributed by atoms with van der Waals surface area (Å²) in [5.41, 5.74) is 0. The smallest absolute Gasteiger partial charge is 0.306 e. The van der Waals surface area contributed by atoms with Crippen molar-refractivity contribution in [3.05, 3.63) is 48.6 Å². The number of ether oxygens (including phenoxy) is 3. The average Bonchev–Trinajstić information content (AvgIpc) is 3.44. The molecule has 0 aromatic carbocycles. The molecule has 0 radical (unpaired) electrons. The molecule has 0 aliphatic heterocycles. The molecular formula is C72H132O6. The lowest BCUT2D eigenvalue weighted by atomic mass is 10.0. The maximum atomic E-state index is 12.9. The van der Waals surface area contributed by atoms with Gasteiger partial charge < -0.3 is 14.2 Å². The normalized spacial score (nSPS) is 12.3. The fourth-order valence-electron chi connectivity index (χ4n) is 10.3. The summed E-state index contributed by atoms with van der Waals surface area (Å²) in [4.78, 5) is 38.4. The number of allylic oxidation sites excluding steroid dienone is 8. The van der Waals surface area contributed by atoms with Crippen LogP contribution in [0.25, 0.3) is 0 Å². The summed E-state index contributed by atoms with van der Waals surface area (Å²) >= 11 is 0. The van der Waals surface area contributed by atoms with Crippen LogP contribution in [0.5, 0.6) is 0 Å². The van der Waals surface area contributed by atoms with Crippen LogP contribution in [0.15, 0.2) is 48.6 Å². The Balaban J connectivity index is 4.27. The zero-order valence-corrected chi connectivity index (χ0v) is 52.5. The van der Waals surface area contributed by atoms with E-state index in [0.29, 0.717) is 19.3 Å². The Morgan fingerprint density at radius 1 is 0.256 bits per heavy atom. The van der Waals surface area contributed by atoms with Gasteiger partial charge in [-0.15, -0.1) is 0 Å². The van der Waals surface area contributed by atoms with Gasteiger partial charge in [0, 0.05) is 19.3 Å². The van der Waals surface area contributed by atoms with E-state index in [-0.39, 0.29) is 31.1 Å². The quantitative estimate of drug-likeness (QED) is 0.0261. The van der Waals surface area contributed by atoms with Crippen molar-refractivity contribution < 1.29 is 28.6 Å². The van der Waals surface area contributed by atoms with Crippen molar-refractivity contribution in [2.24, 2.45) is 0 Å². The maximum Gasteiger partial charge on any atom is 0.306 e. The van der Waals surface area contributed by atoms with Crippen molar-refractivity contribution >= 4 is 17.9 Å². The second kappa shape index (κ2) is 66.9. The molecule has 6 nitrogen and oxygen atoms in total. The standard InChI is InChI=1S/C72H132O6/c1-4-7-10-13-16-19-22-25-28-30-32-34-35-36-37-39-40-42-44-47-50-53-56-59-62-65-71(74)77-68-69(67-76-70(73)64-61-58-55-52-49-46-27-24-21-18-15-12-9-6-3)78-72(75)66-63-60-57-54-51-48-45-43-41-38-33-31-29-26-23-20-17-14-11-8-5-2/h15,18,23-24,26-27,31,33,69H,4-14,16-17,19-22,25,28-30,32,34-68H2,1-3H3/b18-15-,26-23-,27-24-,33-31-. The molecule has 0 aliphatic carbocycles. The monoisotopic (exact) mass is 1090 g/mol. The second-order valence-electron chi connectivity index (χ2n) is 23.4. The summed E-state index contributed by atoms with van der Waals surface area (Å²) in [6.45, 7) is 6.64. The highest BCUT2D eigenvalue weighted by atomic mass is 16.6. The zero-order chi connectivity index (χ0) is 56.4. The Kier molecular flexibility index (Phi) is 64.6. The predicted molar refractivity (Wildman–Crippen MR) is 339 cm³/mol. The van der Waals surface area contributed by atoms with Gasteiger partial charge in [0.05, 0.1) is 0 Å². The number of unbranched alkanes of at least 4 members (excludes halogenated alkanes) is 45. The van der Waals surface area contributed by atoms with Gasteiger partial charge in [0.1, 0.15) is 13.2 Å². The lowest BCUT2D eigenvalue weighted by Gasteiger charge is -2.18. The minimum absolute atomic E-state index is 0.0756. The molecule has 1 unspecified atom stereocenters. The van der Waals surface area contributed by atoms with Gasteiger partial charge in [-0.2, -0.15) is 0 Å². The van der Waals surface area contributed by atoms with E-state index in [4.69, 9.17) is 14.2 Å². The number of carbonyl (C=O) groups is 3. The van der Waals surface area contributed by atoms with Gasteiger partial charge in [-0.05, 0) is 77.0 Å². The largest absolute Gasteiger partial charge is 0.462 e. The second-order valence-corrected chi connectivity index (χ2v) is 23.4. The third-order valence-corrected chi connectivity index (χ3v) is 15.6. The van der Waals surface area contributed by atoms with Crippen molar-refractivity contribution in [3.8, 4) is 0 Å². The first-order valence-electron chi connectivity index (χ1n) is 34.6. The molecule has 0 amide bonds. The Bertz CT molecular complexity index is 1350. The molecule has 0 aromatic rings. The molecular weight excluding hydrogens is 961 g/mol. The summed E-state index contributed by atoms with van der Waals surface area (Å²) in [7, 11) is 0. The summed E-state index contributed by atoms with van der Waals surface area (Å²) in [5.74, 6) is -0.870. The molecule has 0 saturated heterocycles. The van der Waals surface area contributed by atoms with E-state index in [2.05, 4.69) is 69.4 Å². The molecule has 0 saturated carbocycles. The number of hydrogen-bond donors (Lipinski definition) is 0. The van der Waals surface area contributed by atoms with Crippen LogP contribution >= 0.6 is 0 Å². The third kappa shape index (κ3) is 64.2. The first-order valence-corrected chi connectivity index (χ1v) is 34.6. The summed E-state index contributed by atoms with van der Waals surface area (Å²) in [5, 5.41) is 0. The van der Waals surface area contributed by atoms with Crippen LogP contribution in [0.1, 0.15) is 374 Å². The van der Waals surface area contributed by atoms with Crippen LogP contribution in [0.3, 0.4) is 0 Å². The fraction of sp³-hybridized carbons (Fsp3) is 0.847. The third-order valence-electron chi connectivity index (χ3n) is 15.6. The number of hydrogen-bond acceptors (Lipinski definition) is 6. The lowest BCUT2D eigenvalue weighted by Crippen LogP contribution is -2.30. The topological polar surface area (TPSA) is 78.9 Å². The molecule has 0 heterocycles. The highest BCUT2D eigenvalue weighted by Crippen LogP contribution is 2.18. The van der Waals surface area contributed by atoms with Crippen molar-refractivity contribution in [2.75, 3.05) is 13.2 Å². The minimum atomic E-state index is -0.781. The molecule has 0 fully saturated rings. The Labute approximate surface area is 486 Å². The van der Waals surface area contributed by atoms with Crippen molar-refractivity contribution in [2.45, 2.75) is 380 Å². The zero-order valence-electron chi connectivity index (χ0n) is 52.5. The van der Waals surface area contributed by atoms with Crippen molar-refractivity contribution in [3.63, 3.8) is 0 Å². The first kappa shape index (κ1) is 75.4. The Morgan fingerprint density at radius 2 is 0.474 bits per heavy atom. The van der Waals surface area contributed by atoms with Gasteiger partial charge in [0.25, 0.3) is 0 Å². The first-order chi connectivity index (χ1) is 38.5. The van der Waals surface area contributed by atoms with Gasteiger partial charge in [0.15, 0.2) is 6.10 Å². The maximum absolute atomic E-state index is 12.9. The molecule has 0 rings (SSSR count). The van der Waals surface area contributed by atoms with Crippen LogP contribution in [-0.4, -0.2) is 37.2 Å². The Hall–Kier alpha value is -2.63. The van der Waals surface area contributed by atoms with E-state index in [1.165, 1.54) is 250 Å². The Morgan fingerprint density at radius 3 is 0.744 bits per heavy atom. The van der Waals surface area contributed by atoms with E-state index < -0.39 is 6.10 Å². The molecule has 78 heavy (non-hydrogen) atoms. The molecule has 6 heteroatoms. The summed E-state index contributed by atoms with van der Waals surface area (Å²) in [6.07, 6.45) is 84.2. The van der Waals surface area contributed by atoms with Crippen molar-refractivity contribution in [1.82, 2.24) is 0 Å². The molecule has 456 valence electrons. The van der Waals surface area contributed by atoms with E-state index in [1.807, 2.05) is 0 Å². The van der Waals surface area contributed by atoms with Crippen LogP contribution in [0.2, 0.25) is 0 Å². The minimum Gasteiger partial charge on any atom is -0.462 e. The molecule has 0 aromatic heterocycles. The van der Waals surface area contributed by atoms with Crippen LogP contribution in [-0.2, 0) is 28.6 Å². The van der Waals surface area contributed by atoms with Crippen molar-refractivity contribution in [1.29, 1.82) is 0 Å². The van der Waals surface area contributed by atoms with Gasteiger partial charge in [-0.1, -0.05) is 326 Å². The van der Waals surface area contributed by atoms with Crippen LogP contribution in [0.4, 0.5) is 0 Å². The SMILES string of the molecule is CCCC/C=C\C/C=C\CCCCCCCC(=O)OCC(COC(=O)CCCCCCCCCCCCCCCCCCCCCCCCCCC)OC(=O)CCCCCCCCCCC/C=C\C/C=C\CCCCCCC. The number of esters is 3. The van der Waals surface area contributed by atoms with E-state index in [0.717, 1.165) is 83.5 Å². The van der Waals surface area contributed by atoms with E-state index in [1.54, 1.807) is 0 Å². The summed E-state index contributed by atoms with van der Waals surface area (Å²) < 4.78 is 17.0. The van der Waals surface area contributed by atoms with Gasteiger partial charge in [0.2, 0.25) is 0 Å². The highest BCUT2D eigenvalue weighted by molar-refractivity contribution is 5.71. The number of carbonyl (C=O) groups excluding carboxylic acids is 3. The molecule has 0 N–H and O–H groups in total. The molecule has 1 atom stereocenters.